The molecule has 12 heavy (non-hydrogen) atoms. The zero-order valence-corrected chi connectivity index (χ0v) is 9.16. The number of allylic oxidation sites excluding steroid dienone is 1. The monoisotopic (exact) mass is 186 g/mol. The molecule has 0 saturated heterocycles. The molecule has 70 valence electrons. The fourth-order valence-corrected chi connectivity index (χ4v) is 1.18. The van der Waals surface area contributed by atoms with Gasteiger partial charge >= 0.3 is 0 Å². The van der Waals surface area contributed by atoms with E-state index in [1.54, 1.807) is 11.8 Å². The summed E-state index contributed by atoms with van der Waals surface area (Å²) in [6.45, 7) is 6.01. The Kier molecular flexibility index (Phi) is 5.72. The van der Waals surface area contributed by atoms with Crippen molar-refractivity contribution in [2.75, 3.05) is 20.4 Å². The first-order chi connectivity index (χ1) is 5.61. The van der Waals surface area contributed by atoms with Crippen molar-refractivity contribution in [3.05, 3.63) is 23.5 Å². The molecule has 3 heteroatoms. The maximum absolute atomic E-state index is 3.88. The average Bonchev–Trinajstić information content (AvgIpc) is 2.03. The molecule has 0 unspecified atom stereocenters. The summed E-state index contributed by atoms with van der Waals surface area (Å²) in [7, 11) is 3.94. The molecular formula is C9H18N2S. The van der Waals surface area contributed by atoms with E-state index in [-0.39, 0.29) is 0 Å². The van der Waals surface area contributed by atoms with Crippen LogP contribution >= 0.6 is 11.8 Å². The van der Waals surface area contributed by atoms with Gasteiger partial charge in [0, 0.05) is 14.1 Å². The number of nitrogens with zero attached hydrogens (tertiary/aromatic N) is 1. The smallest absolute Gasteiger partial charge is 0.0982 e. The molecule has 1 N–H and O–H groups in total. The van der Waals surface area contributed by atoms with E-state index in [2.05, 4.69) is 31.2 Å². The van der Waals surface area contributed by atoms with Crippen molar-refractivity contribution in [2.24, 2.45) is 0 Å². The first-order valence-electron chi connectivity index (χ1n) is 3.99. The first-order valence-corrected chi connectivity index (χ1v) is 5.21. The zero-order valence-electron chi connectivity index (χ0n) is 8.35. The van der Waals surface area contributed by atoms with Crippen LogP contribution in [0.5, 0.6) is 0 Å². The molecule has 0 aliphatic heterocycles. The van der Waals surface area contributed by atoms with Gasteiger partial charge in [0.25, 0.3) is 0 Å². The van der Waals surface area contributed by atoms with E-state index in [9.17, 15) is 0 Å². The van der Waals surface area contributed by atoms with Gasteiger partial charge < -0.3 is 10.2 Å². The third kappa shape index (κ3) is 4.34. The van der Waals surface area contributed by atoms with E-state index in [1.165, 1.54) is 0 Å². The summed E-state index contributed by atoms with van der Waals surface area (Å²) in [6.07, 6.45) is 5.25. The highest BCUT2D eigenvalue weighted by Gasteiger charge is 1.97. The van der Waals surface area contributed by atoms with Crippen molar-refractivity contribution in [3.8, 4) is 0 Å². The van der Waals surface area contributed by atoms with Crippen molar-refractivity contribution in [1.29, 1.82) is 0 Å². The van der Waals surface area contributed by atoms with Gasteiger partial charge in [-0.25, -0.2) is 0 Å². The van der Waals surface area contributed by atoms with Crippen molar-refractivity contribution in [2.45, 2.75) is 13.3 Å². The minimum atomic E-state index is 0.920. The Morgan fingerprint density at radius 1 is 1.58 bits per heavy atom. The molecule has 0 aromatic carbocycles. The van der Waals surface area contributed by atoms with Crippen LogP contribution in [0.2, 0.25) is 0 Å². The van der Waals surface area contributed by atoms with Gasteiger partial charge in [-0.1, -0.05) is 19.6 Å². The predicted octanol–water partition coefficient (Wildman–Crippen LogP) is 2.22. The van der Waals surface area contributed by atoms with Gasteiger partial charge in [-0.05, 0) is 12.7 Å². The predicted molar refractivity (Wildman–Crippen MR) is 57.9 cm³/mol. The molecule has 0 amide bonds. The molecule has 2 nitrogen and oxygen atoms in total. The van der Waals surface area contributed by atoms with Gasteiger partial charge in [-0.15, -0.1) is 11.8 Å². The summed E-state index contributed by atoms with van der Waals surface area (Å²) in [4.78, 5) is 1.96. The molecule has 0 spiro atoms. The molecule has 0 aliphatic rings. The Labute approximate surface area is 79.7 Å². The van der Waals surface area contributed by atoms with Gasteiger partial charge in [0.2, 0.25) is 0 Å². The molecule has 0 aliphatic carbocycles. The lowest BCUT2D eigenvalue weighted by Gasteiger charge is -2.18. The third-order valence-corrected chi connectivity index (χ3v) is 2.13. The topological polar surface area (TPSA) is 15.3 Å². The number of rotatable bonds is 5. The van der Waals surface area contributed by atoms with E-state index in [1.807, 2.05) is 19.0 Å². The first kappa shape index (κ1) is 11.4. The molecule has 0 fully saturated rings. The van der Waals surface area contributed by atoms with Crippen molar-refractivity contribution in [3.63, 3.8) is 0 Å². The molecule has 0 radical (unpaired) electrons. The van der Waals surface area contributed by atoms with E-state index >= 15 is 0 Å². The van der Waals surface area contributed by atoms with Gasteiger partial charge in [-0.3, -0.25) is 0 Å². The lowest BCUT2D eigenvalue weighted by Crippen LogP contribution is -2.22. The zero-order chi connectivity index (χ0) is 9.56. The Bertz CT molecular complexity index is 173. The van der Waals surface area contributed by atoms with E-state index in [0.29, 0.717) is 0 Å². The van der Waals surface area contributed by atoms with Crippen LogP contribution in [0.25, 0.3) is 0 Å². The summed E-state index contributed by atoms with van der Waals surface area (Å²) in [6, 6.07) is 0. The second-order valence-electron chi connectivity index (χ2n) is 2.65. The highest BCUT2D eigenvalue weighted by molar-refractivity contribution is 8.02. The Morgan fingerprint density at radius 3 is 2.50 bits per heavy atom. The van der Waals surface area contributed by atoms with Crippen molar-refractivity contribution >= 4 is 11.8 Å². The molecule has 0 bridgehead atoms. The van der Waals surface area contributed by atoms with Gasteiger partial charge in [0.05, 0.1) is 10.9 Å². The SMILES string of the molecule is C=C(N/C(=C/CC)SC)N(C)C. The molecule has 0 heterocycles. The highest BCUT2D eigenvalue weighted by atomic mass is 32.2. The quantitative estimate of drug-likeness (QED) is 0.709. The minimum Gasteiger partial charge on any atom is -0.365 e. The van der Waals surface area contributed by atoms with Crippen molar-refractivity contribution in [1.82, 2.24) is 10.2 Å². The lowest BCUT2D eigenvalue weighted by molar-refractivity contribution is 0.484. The van der Waals surface area contributed by atoms with E-state index < -0.39 is 0 Å². The minimum absolute atomic E-state index is 0.920. The highest BCUT2D eigenvalue weighted by Crippen LogP contribution is 2.10. The summed E-state index contributed by atoms with van der Waals surface area (Å²) in [5, 5.41) is 4.39. The van der Waals surface area contributed by atoms with Crippen LogP contribution in [-0.4, -0.2) is 25.3 Å². The number of hydrogen-bond donors (Lipinski definition) is 1. The summed E-state index contributed by atoms with van der Waals surface area (Å²) in [5.74, 6) is 0.920. The van der Waals surface area contributed by atoms with Crippen LogP contribution in [0.1, 0.15) is 13.3 Å². The second-order valence-corrected chi connectivity index (χ2v) is 3.49. The molecule has 0 rings (SSSR count). The number of thioether (sulfide) groups is 1. The summed E-state index contributed by atoms with van der Waals surface area (Å²) >= 11 is 1.70. The average molecular weight is 186 g/mol. The largest absolute Gasteiger partial charge is 0.365 e. The summed E-state index contributed by atoms with van der Waals surface area (Å²) in [5.41, 5.74) is 0. The maximum atomic E-state index is 3.88. The Hall–Kier alpha value is -0.570. The van der Waals surface area contributed by atoms with Crippen LogP contribution in [0.15, 0.2) is 23.5 Å². The standard InChI is InChI=1S/C9H18N2S/c1-6-7-9(12-5)10-8(2)11(3)4/h7,10H,2,6H2,1,3-5H3/b9-7-. The van der Waals surface area contributed by atoms with Crippen LogP contribution in [0.4, 0.5) is 0 Å². The van der Waals surface area contributed by atoms with Crippen molar-refractivity contribution < 1.29 is 0 Å². The van der Waals surface area contributed by atoms with Gasteiger partial charge in [0.15, 0.2) is 0 Å². The maximum Gasteiger partial charge on any atom is 0.0982 e. The fraction of sp³-hybridized carbons (Fsp3) is 0.556. The van der Waals surface area contributed by atoms with Crippen LogP contribution in [0.3, 0.4) is 0 Å². The van der Waals surface area contributed by atoms with Gasteiger partial charge in [-0.2, -0.15) is 0 Å². The molecule has 0 aromatic heterocycles. The summed E-state index contributed by atoms with van der Waals surface area (Å²) < 4.78 is 0. The van der Waals surface area contributed by atoms with Crippen LogP contribution < -0.4 is 5.32 Å². The number of nitrogens with one attached hydrogen (secondary N) is 1. The van der Waals surface area contributed by atoms with Crippen LogP contribution in [-0.2, 0) is 0 Å². The molecule has 0 aromatic rings. The number of hydrogen-bond acceptors (Lipinski definition) is 3. The second kappa shape index (κ2) is 6.00. The third-order valence-electron chi connectivity index (χ3n) is 1.42. The Morgan fingerprint density at radius 2 is 2.17 bits per heavy atom. The lowest BCUT2D eigenvalue weighted by atomic mass is 10.5. The van der Waals surface area contributed by atoms with E-state index in [0.717, 1.165) is 17.3 Å². The molecule has 0 saturated carbocycles. The fourth-order valence-electron chi connectivity index (χ4n) is 0.625. The van der Waals surface area contributed by atoms with E-state index in [4.69, 9.17) is 0 Å². The molecular weight excluding hydrogens is 168 g/mol. The molecule has 0 atom stereocenters. The normalized spacial score (nSPS) is 11.2. The van der Waals surface area contributed by atoms with Gasteiger partial charge in [0.1, 0.15) is 0 Å². The Balaban J connectivity index is 4.03. The van der Waals surface area contributed by atoms with Crippen LogP contribution in [0, 0.1) is 0 Å².